The van der Waals surface area contributed by atoms with Crippen molar-refractivity contribution < 1.29 is 36.6 Å². The van der Waals surface area contributed by atoms with Crippen LogP contribution in [-0.2, 0) is 20.5 Å². The minimum absolute atomic E-state index is 0.0391. The first-order valence-electron chi connectivity index (χ1n) is 8.71. The van der Waals surface area contributed by atoms with Crippen LogP contribution in [0.1, 0.15) is 35.1 Å². The molecule has 2 aromatic rings. The Morgan fingerprint density at radius 1 is 1.10 bits per heavy atom. The van der Waals surface area contributed by atoms with E-state index < -0.39 is 53.0 Å². The van der Waals surface area contributed by atoms with Gasteiger partial charge in [0.05, 0.1) is 22.8 Å². The lowest BCUT2D eigenvalue weighted by Gasteiger charge is -2.21. The number of carbonyl (C=O) groups is 2. The zero-order chi connectivity index (χ0) is 23.0. The largest absolute Gasteiger partial charge is 0.489 e. The molecule has 3 rings (SSSR count). The fraction of sp³-hybridized carbons (Fsp3) is 0.238. The zero-order valence-electron chi connectivity index (χ0n) is 15.8. The van der Waals surface area contributed by atoms with Crippen molar-refractivity contribution in [1.82, 2.24) is 0 Å². The first kappa shape index (κ1) is 21.8. The topological polar surface area (TPSA) is 100 Å². The number of alkyl halides is 3. The van der Waals surface area contributed by atoms with Gasteiger partial charge in [0.2, 0.25) is 5.60 Å². The molecule has 2 aromatic carbocycles. The van der Waals surface area contributed by atoms with E-state index in [4.69, 9.17) is 20.0 Å². The van der Waals surface area contributed by atoms with E-state index in [9.17, 15) is 27.2 Å². The molecule has 1 aliphatic heterocycles. The summed E-state index contributed by atoms with van der Waals surface area (Å²) in [5, 5.41) is 17.6. The summed E-state index contributed by atoms with van der Waals surface area (Å²) in [6, 6.07) is 8.94. The van der Waals surface area contributed by atoms with E-state index in [-0.39, 0.29) is 16.9 Å². The molecule has 0 amide bonds. The van der Waals surface area contributed by atoms with Crippen molar-refractivity contribution >= 4 is 11.8 Å². The van der Waals surface area contributed by atoms with Crippen molar-refractivity contribution in [1.29, 1.82) is 10.5 Å². The molecule has 0 bridgehead atoms. The Bertz CT molecular complexity index is 1160. The first-order valence-corrected chi connectivity index (χ1v) is 8.71. The van der Waals surface area contributed by atoms with Gasteiger partial charge in [-0.25, -0.2) is 4.39 Å². The highest BCUT2D eigenvalue weighted by molar-refractivity contribution is 6.13. The fourth-order valence-corrected chi connectivity index (χ4v) is 3.10. The molecule has 0 N–H and O–H groups in total. The van der Waals surface area contributed by atoms with Crippen LogP contribution >= 0.6 is 0 Å². The van der Waals surface area contributed by atoms with Crippen molar-refractivity contribution in [2.75, 3.05) is 6.61 Å². The molecule has 10 heteroatoms. The zero-order valence-corrected chi connectivity index (χ0v) is 15.8. The van der Waals surface area contributed by atoms with Crippen LogP contribution in [0.5, 0.6) is 5.75 Å². The predicted octanol–water partition coefficient (Wildman–Crippen LogP) is 3.64. The summed E-state index contributed by atoms with van der Waals surface area (Å²) in [6.45, 7) is 0.698. The summed E-state index contributed by atoms with van der Waals surface area (Å²) in [5.74, 6) is -4.44. The SMILES string of the molecule is CC1(COc2ccc(C#N)c(F)c2)OC(=O)C(c2ccc(C#N)c(C(F)(F)F)c2)C1=O. The molecule has 0 spiro atoms. The van der Waals surface area contributed by atoms with Crippen LogP contribution in [-0.4, -0.2) is 24.0 Å². The van der Waals surface area contributed by atoms with Gasteiger partial charge in [-0.15, -0.1) is 0 Å². The minimum Gasteiger partial charge on any atom is -0.489 e. The standard InChI is InChI=1S/C21H12F4N2O4/c1-20(10-30-14-5-4-13(9-27)16(22)7-14)18(28)17(19(29)31-20)11-2-3-12(8-26)15(6-11)21(23,24)25/h2-7,17H,10H2,1H3. The number of Topliss-reactive ketones (excluding diaryl/α,β-unsaturated/α-hetero) is 1. The Kier molecular flexibility index (Phi) is 5.43. The quantitative estimate of drug-likeness (QED) is 0.416. The number of esters is 1. The van der Waals surface area contributed by atoms with E-state index >= 15 is 0 Å². The maximum atomic E-state index is 13.7. The molecule has 1 heterocycles. The molecule has 2 atom stereocenters. The molecule has 158 valence electrons. The van der Waals surface area contributed by atoms with Crippen molar-refractivity contribution in [2.24, 2.45) is 0 Å². The van der Waals surface area contributed by atoms with Crippen molar-refractivity contribution in [3.63, 3.8) is 0 Å². The lowest BCUT2D eigenvalue weighted by Crippen LogP contribution is -2.40. The number of ether oxygens (including phenoxy) is 2. The fourth-order valence-electron chi connectivity index (χ4n) is 3.10. The van der Waals surface area contributed by atoms with Crippen LogP contribution in [0.4, 0.5) is 17.6 Å². The van der Waals surface area contributed by atoms with E-state index in [1.165, 1.54) is 19.1 Å². The Morgan fingerprint density at radius 2 is 1.74 bits per heavy atom. The van der Waals surface area contributed by atoms with E-state index in [1.54, 1.807) is 6.07 Å². The molecule has 0 saturated carbocycles. The molecule has 2 unspecified atom stereocenters. The van der Waals surface area contributed by atoms with E-state index in [0.717, 1.165) is 24.3 Å². The minimum atomic E-state index is -4.86. The number of rotatable bonds is 4. The second-order valence-electron chi connectivity index (χ2n) is 6.91. The van der Waals surface area contributed by atoms with Gasteiger partial charge in [-0.2, -0.15) is 23.7 Å². The van der Waals surface area contributed by atoms with Gasteiger partial charge in [0.15, 0.2) is 5.78 Å². The molecule has 31 heavy (non-hydrogen) atoms. The van der Waals surface area contributed by atoms with E-state index in [1.807, 2.05) is 0 Å². The summed E-state index contributed by atoms with van der Waals surface area (Å²) in [7, 11) is 0. The maximum Gasteiger partial charge on any atom is 0.417 e. The number of carbonyl (C=O) groups excluding carboxylic acids is 2. The third-order valence-electron chi connectivity index (χ3n) is 4.72. The highest BCUT2D eigenvalue weighted by Crippen LogP contribution is 2.38. The Labute approximate surface area is 173 Å². The van der Waals surface area contributed by atoms with Crippen LogP contribution in [0.15, 0.2) is 36.4 Å². The van der Waals surface area contributed by atoms with E-state index in [2.05, 4.69) is 0 Å². The normalized spacial score (nSPS) is 20.7. The lowest BCUT2D eigenvalue weighted by atomic mass is 9.87. The number of hydrogen-bond donors (Lipinski definition) is 0. The van der Waals surface area contributed by atoms with Crippen LogP contribution in [0.3, 0.4) is 0 Å². The molecule has 0 aromatic heterocycles. The molecule has 0 aliphatic carbocycles. The first-order chi connectivity index (χ1) is 14.5. The number of ketones is 1. The van der Waals surface area contributed by atoms with Crippen molar-refractivity contribution in [3.8, 4) is 17.9 Å². The summed E-state index contributed by atoms with van der Waals surface area (Å²) in [4.78, 5) is 25.2. The van der Waals surface area contributed by atoms with Gasteiger partial charge in [0.1, 0.15) is 30.2 Å². The summed E-state index contributed by atoms with van der Waals surface area (Å²) in [5.41, 5.74) is -4.24. The second-order valence-corrected chi connectivity index (χ2v) is 6.91. The molecule has 1 fully saturated rings. The molecular formula is C21H12F4N2O4. The maximum absolute atomic E-state index is 13.7. The van der Waals surface area contributed by atoms with Crippen LogP contribution in [0.2, 0.25) is 0 Å². The Hall–Kier alpha value is -3.92. The van der Waals surface area contributed by atoms with Crippen molar-refractivity contribution in [2.45, 2.75) is 24.6 Å². The smallest absolute Gasteiger partial charge is 0.417 e. The summed E-state index contributed by atoms with van der Waals surface area (Å²) < 4.78 is 63.8. The number of cyclic esters (lactones) is 1. The molecular weight excluding hydrogens is 420 g/mol. The average molecular weight is 432 g/mol. The van der Waals surface area contributed by atoms with Gasteiger partial charge in [-0.3, -0.25) is 9.59 Å². The molecule has 1 saturated heterocycles. The van der Waals surface area contributed by atoms with Gasteiger partial charge in [-0.05, 0) is 36.8 Å². The highest BCUT2D eigenvalue weighted by Gasteiger charge is 2.54. The predicted molar refractivity (Wildman–Crippen MR) is 95.0 cm³/mol. The van der Waals surface area contributed by atoms with Crippen LogP contribution in [0, 0.1) is 28.5 Å². The third kappa shape index (κ3) is 4.05. The number of halogens is 4. The van der Waals surface area contributed by atoms with Gasteiger partial charge in [-0.1, -0.05) is 6.07 Å². The van der Waals surface area contributed by atoms with E-state index in [0.29, 0.717) is 6.07 Å². The summed E-state index contributed by atoms with van der Waals surface area (Å²) >= 11 is 0. The number of nitriles is 2. The van der Waals surface area contributed by atoms with Gasteiger partial charge in [0.25, 0.3) is 0 Å². The third-order valence-corrected chi connectivity index (χ3v) is 4.72. The Morgan fingerprint density at radius 3 is 2.32 bits per heavy atom. The summed E-state index contributed by atoms with van der Waals surface area (Å²) in [6.07, 6.45) is -4.86. The number of nitrogens with zero attached hydrogens (tertiary/aromatic N) is 2. The number of benzene rings is 2. The average Bonchev–Trinajstić information content (AvgIpc) is 2.94. The number of hydrogen-bond acceptors (Lipinski definition) is 6. The molecule has 0 radical (unpaired) electrons. The van der Waals surface area contributed by atoms with Crippen LogP contribution in [0.25, 0.3) is 0 Å². The lowest BCUT2D eigenvalue weighted by molar-refractivity contribution is -0.153. The Balaban J connectivity index is 1.86. The molecule has 1 aliphatic rings. The second kappa shape index (κ2) is 7.73. The van der Waals surface area contributed by atoms with Gasteiger partial charge < -0.3 is 9.47 Å². The monoisotopic (exact) mass is 432 g/mol. The highest BCUT2D eigenvalue weighted by atomic mass is 19.4. The van der Waals surface area contributed by atoms with Crippen molar-refractivity contribution in [3.05, 3.63) is 64.5 Å². The van der Waals surface area contributed by atoms with Gasteiger partial charge in [0, 0.05) is 6.07 Å². The van der Waals surface area contributed by atoms with Crippen LogP contribution < -0.4 is 4.74 Å². The molecule has 6 nitrogen and oxygen atoms in total. The van der Waals surface area contributed by atoms with Gasteiger partial charge >= 0.3 is 12.1 Å².